The van der Waals surface area contributed by atoms with Gasteiger partial charge in [0.1, 0.15) is 0 Å². The van der Waals surface area contributed by atoms with Gasteiger partial charge in [-0.15, -0.1) is 0 Å². The highest BCUT2D eigenvalue weighted by atomic mass is 14.6. The van der Waals surface area contributed by atoms with Crippen LogP contribution < -0.4 is 0 Å². The van der Waals surface area contributed by atoms with Gasteiger partial charge in [0.2, 0.25) is 0 Å². The summed E-state index contributed by atoms with van der Waals surface area (Å²) < 4.78 is 0. The molecule has 0 N–H and O–H groups in total. The van der Waals surface area contributed by atoms with Gasteiger partial charge in [0.15, 0.2) is 0 Å². The largest absolute Gasteiger partial charge is 0.0648 e. The van der Waals surface area contributed by atoms with Crippen LogP contribution in [0.5, 0.6) is 0 Å². The van der Waals surface area contributed by atoms with Gasteiger partial charge in [0.25, 0.3) is 0 Å². The van der Waals surface area contributed by atoms with E-state index in [0.717, 1.165) is 23.7 Å². The molecule has 0 radical (unpaired) electrons. The van der Waals surface area contributed by atoms with Gasteiger partial charge in [0.05, 0.1) is 0 Å². The normalized spacial score (nSPS) is 35.8. The molecule has 0 bridgehead atoms. The molecule has 0 heteroatoms. The van der Waals surface area contributed by atoms with Crippen molar-refractivity contribution < 1.29 is 0 Å². The quantitative estimate of drug-likeness (QED) is 0.617. The second-order valence-electron chi connectivity index (χ2n) is 6.59. The number of hydrogen-bond acceptors (Lipinski definition) is 0. The van der Waals surface area contributed by atoms with Crippen LogP contribution in [0.3, 0.4) is 0 Å². The van der Waals surface area contributed by atoms with Crippen LogP contribution in [0.25, 0.3) is 0 Å². The van der Waals surface area contributed by atoms with Gasteiger partial charge in [-0.2, -0.15) is 0 Å². The Morgan fingerprint density at radius 2 is 1.80 bits per heavy atom. The molecule has 0 amide bonds. The lowest BCUT2D eigenvalue weighted by atomic mass is 9.69. The molecule has 15 heavy (non-hydrogen) atoms. The van der Waals surface area contributed by atoms with Crippen LogP contribution in [-0.2, 0) is 0 Å². The van der Waals surface area contributed by atoms with Crippen molar-refractivity contribution in [1.82, 2.24) is 0 Å². The monoisotopic (exact) mass is 208 g/mol. The summed E-state index contributed by atoms with van der Waals surface area (Å²) in [6, 6.07) is 0. The maximum Gasteiger partial charge on any atom is -0.0269 e. The van der Waals surface area contributed by atoms with E-state index in [1.165, 1.54) is 38.5 Å². The molecular weight excluding hydrogens is 180 g/mol. The number of hydrogen-bond donors (Lipinski definition) is 0. The van der Waals surface area contributed by atoms with E-state index in [-0.39, 0.29) is 0 Å². The van der Waals surface area contributed by atoms with Gasteiger partial charge in [-0.25, -0.2) is 0 Å². The summed E-state index contributed by atoms with van der Waals surface area (Å²) in [5, 5.41) is 0. The smallest absolute Gasteiger partial charge is 0.0269 e. The average molecular weight is 208 g/mol. The van der Waals surface area contributed by atoms with Crippen molar-refractivity contribution in [2.24, 2.45) is 29.1 Å². The molecule has 0 aromatic rings. The third-order valence-corrected chi connectivity index (χ3v) is 5.59. The topological polar surface area (TPSA) is 0 Å². The Morgan fingerprint density at radius 1 is 1.20 bits per heavy atom. The van der Waals surface area contributed by atoms with Crippen LogP contribution in [0.15, 0.2) is 0 Å². The molecule has 2 fully saturated rings. The Kier molecular flexibility index (Phi) is 3.14. The first-order chi connectivity index (χ1) is 7.09. The minimum atomic E-state index is 0.686. The van der Waals surface area contributed by atoms with E-state index in [2.05, 4.69) is 27.7 Å². The molecule has 3 unspecified atom stereocenters. The van der Waals surface area contributed by atoms with Crippen LogP contribution in [-0.4, -0.2) is 0 Å². The van der Waals surface area contributed by atoms with Crippen molar-refractivity contribution in [2.75, 3.05) is 0 Å². The third kappa shape index (κ3) is 1.97. The van der Waals surface area contributed by atoms with Crippen LogP contribution >= 0.6 is 0 Å². The summed E-state index contributed by atoms with van der Waals surface area (Å²) in [7, 11) is 0. The lowest BCUT2D eigenvalue weighted by Crippen LogP contribution is -2.28. The predicted molar refractivity (Wildman–Crippen MR) is 66.8 cm³/mol. The molecule has 0 aromatic carbocycles. The Hall–Kier alpha value is 0. The second-order valence-corrected chi connectivity index (χ2v) is 6.59. The predicted octanol–water partition coefficient (Wildman–Crippen LogP) is 4.89. The Labute approximate surface area is 95.8 Å². The maximum atomic E-state index is 2.59. The molecular formula is C15H28. The summed E-state index contributed by atoms with van der Waals surface area (Å²) in [5.41, 5.74) is 0.686. The first-order valence-corrected chi connectivity index (χ1v) is 7.09. The van der Waals surface area contributed by atoms with E-state index >= 15 is 0 Å². The van der Waals surface area contributed by atoms with Gasteiger partial charge in [-0.3, -0.25) is 0 Å². The molecule has 2 aliphatic carbocycles. The van der Waals surface area contributed by atoms with Crippen molar-refractivity contribution in [2.45, 2.75) is 66.2 Å². The highest BCUT2D eigenvalue weighted by Gasteiger charge is 2.53. The highest BCUT2D eigenvalue weighted by molar-refractivity contribution is 5.02. The van der Waals surface area contributed by atoms with Crippen molar-refractivity contribution >= 4 is 0 Å². The lowest BCUT2D eigenvalue weighted by Gasteiger charge is -2.36. The van der Waals surface area contributed by atoms with Crippen LogP contribution in [0, 0.1) is 29.1 Å². The number of rotatable bonds is 4. The zero-order valence-corrected chi connectivity index (χ0v) is 11.1. The Balaban J connectivity index is 2.02. The van der Waals surface area contributed by atoms with Crippen molar-refractivity contribution in [3.8, 4) is 0 Å². The summed E-state index contributed by atoms with van der Waals surface area (Å²) >= 11 is 0. The molecule has 2 rings (SSSR count). The van der Waals surface area contributed by atoms with Gasteiger partial charge in [0, 0.05) is 0 Å². The Bertz CT molecular complexity index is 212. The zero-order chi connectivity index (χ0) is 11.1. The molecule has 2 saturated carbocycles. The highest BCUT2D eigenvalue weighted by Crippen LogP contribution is 2.61. The summed E-state index contributed by atoms with van der Waals surface area (Å²) in [4.78, 5) is 0. The Morgan fingerprint density at radius 3 is 2.20 bits per heavy atom. The fraction of sp³-hybridized carbons (Fsp3) is 1.00. The lowest BCUT2D eigenvalue weighted by molar-refractivity contribution is 0.131. The minimum Gasteiger partial charge on any atom is -0.0648 e. The summed E-state index contributed by atoms with van der Waals surface area (Å²) in [5.74, 6) is 4.08. The van der Waals surface area contributed by atoms with Gasteiger partial charge >= 0.3 is 0 Å². The molecule has 0 spiro atoms. The van der Waals surface area contributed by atoms with Gasteiger partial charge in [-0.05, 0) is 48.3 Å². The van der Waals surface area contributed by atoms with Crippen molar-refractivity contribution in [1.29, 1.82) is 0 Å². The maximum absolute atomic E-state index is 2.59. The zero-order valence-electron chi connectivity index (χ0n) is 11.1. The van der Waals surface area contributed by atoms with Crippen LogP contribution in [0.2, 0.25) is 0 Å². The van der Waals surface area contributed by atoms with Crippen molar-refractivity contribution in [3.63, 3.8) is 0 Å². The standard InChI is InChI=1S/C15H28/c1-5-15(4,12-8-6-7-9-12)14-10-13(14)11(2)3/h11-14H,5-10H2,1-4H3. The molecule has 0 aliphatic heterocycles. The van der Waals surface area contributed by atoms with Crippen LogP contribution in [0.4, 0.5) is 0 Å². The molecule has 0 saturated heterocycles. The summed E-state index contributed by atoms with van der Waals surface area (Å²) in [6.07, 6.45) is 8.97. The summed E-state index contributed by atoms with van der Waals surface area (Å²) in [6.45, 7) is 9.84. The molecule has 2 aliphatic rings. The van der Waals surface area contributed by atoms with E-state index < -0.39 is 0 Å². The first kappa shape index (κ1) is 11.5. The van der Waals surface area contributed by atoms with Gasteiger partial charge < -0.3 is 0 Å². The fourth-order valence-corrected chi connectivity index (χ4v) is 4.15. The minimum absolute atomic E-state index is 0.686. The molecule has 0 heterocycles. The average Bonchev–Trinajstić information content (AvgIpc) is 2.85. The van der Waals surface area contributed by atoms with E-state index in [9.17, 15) is 0 Å². The molecule has 0 aromatic heterocycles. The van der Waals surface area contributed by atoms with Crippen molar-refractivity contribution in [3.05, 3.63) is 0 Å². The SMILES string of the molecule is CCC(C)(C1CCCC1)C1CC1C(C)C. The second kappa shape index (κ2) is 4.11. The van der Waals surface area contributed by atoms with E-state index in [4.69, 9.17) is 0 Å². The fourth-order valence-electron chi connectivity index (χ4n) is 4.15. The van der Waals surface area contributed by atoms with Gasteiger partial charge in [-0.1, -0.05) is 47.0 Å². The first-order valence-electron chi connectivity index (χ1n) is 7.09. The molecule has 88 valence electrons. The van der Waals surface area contributed by atoms with E-state index in [0.29, 0.717) is 5.41 Å². The van der Waals surface area contributed by atoms with E-state index in [1.807, 2.05) is 0 Å². The van der Waals surface area contributed by atoms with E-state index in [1.54, 1.807) is 0 Å². The third-order valence-electron chi connectivity index (χ3n) is 5.59. The molecule has 3 atom stereocenters. The molecule has 0 nitrogen and oxygen atoms in total. The van der Waals surface area contributed by atoms with Crippen LogP contribution in [0.1, 0.15) is 66.2 Å².